The van der Waals surface area contributed by atoms with E-state index >= 15 is 0 Å². The molecule has 1 rings (SSSR count). The first kappa shape index (κ1) is 19.0. The van der Waals surface area contributed by atoms with Gasteiger partial charge in [-0.15, -0.1) is 24.0 Å². The smallest absolute Gasteiger partial charge is 0.191 e. The van der Waals surface area contributed by atoms with E-state index in [1.165, 1.54) is 5.56 Å². The summed E-state index contributed by atoms with van der Waals surface area (Å²) >= 11 is 0. The predicted octanol–water partition coefficient (Wildman–Crippen LogP) is 1.54. The van der Waals surface area contributed by atoms with Crippen LogP contribution >= 0.6 is 24.0 Å². The highest BCUT2D eigenvalue weighted by molar-refractivity contribution is 14.0. The number of aliphatic hydroxyl groups is 1. The summed E-state index contributed by atoms with van der Waals surface area (Å²) < 4.78 is 5.60. The van der Waals surface area contributed by atoms with Crippen molar-refractivity contribution in [2.24, 2.45) is 4.99 Å². The van der Waals surface area contributed by atoms with Gasteiger partial charge in [0.15, 0.2) is 5.96 Å². The first-order valence-corrected chi connectivity index (χ1v) is 6.58. The van der Waals surface area contributed by atoms with Gasteiger partial charge in [0.05, 0.1) is 19.7 Å². The Hall–Kier alpha value is -1.02. The normalized spacial score (nSPS) is 10.7. The molecule has 0 spiro atoms. The van der Waals surface area contributed by atoms with Crippen molar-refractivity contribution in [1.82, 2.24) is 10.6 Å². The van der Waals surface area contributed by atoms with Crippen molar-refractivity contribution in [3.05, 3.63) is 29.8 Å². The van der Waals surface area contributed by atoms with Gasteiger partial charge in [-0.1, -0.05) is 17.7 Å². The molecular formula is C14H24IN3O2. The van der Waals surface area contributed by atoms with Crippen molar-refractivity contribution in [1.29, 1.82) is 0 Å². The van der Waals surface area contributed by atoms with Crippen LogP contribution in [0.5, 0.6) is 5.75 Å². The van der Waals surface area contributed by atoms with Gasteiger partial charge < -0.3 is 20.5 Å². The number of hydrogen-bond acceptors (Lipinski definition) is 3. The van der Waals surface area contributed by atoms with Gasteiger partial charge in [0.2, 0.25) is 0 Å². The molecule has 114 valence electrons. The largest absolute Gasteiger partial charge is 0.492 e. The average Bonchev–Trinajstić information content (AvgIpc) is 2.42. The van der Waals surface area contributed by atoms with Crippen molar-refractivity contribution >= 4 is 29.9 Å². The van der Waals surface area contributed by atoms with E-state index < -0.39 is 0 Å². The molecule has 0 bridgehead atoms. The molecule has 0 aromatic heterocycles. The van der Waals surface area contributed by atoms with E-state index in [0.717, 1.165) is 12.3 Å². The first-order valence-electron chi connectivity index (χ1n) is 6.58. The van der Waals surface area contributed by atoms with Crippen LogP contribution in [0.25, 0.3) is 0 Å². The Bertz CT molecular complexity index is 383. The number of aliphatic hydroxyl groups excluding tert-OH is 1. The molecule has 5 nitrogen and oxygen atoms in total. The third-order valence-corrected chi connectivity index (χ3v) is 2.40. The maximum Gasteiger partial charge on any atom is 0.191 e. The minimum Gasteiger partial charge on any atom is -0.492 e. The van der Waals surface area contributed by atoms with Gasteiger partial charge >= 0.3 is 0 Å². The zero-order valence-electron chi connectivity index (χ0n) is 12.1. The topological polar surface area (TPSA) is 65.9 Å². The fraction of sp³-hybridized carbons (Fsp3) is 0.500. The molecule has 3 N–H and O–H groups in total. The molecule has 1 aromatic rings. The van der Waals surface area contributed by atoms with Crippen LogP contribution in [0.4, 0.5) is 0 Å². The second kappa shape index (κ2) is 11.8. The number of nitrogens with zero attached hydrogens (tertiary/aromatic N) is 1. The molecular weight excluding hydrogens is 369 g/mol. The summed E-state index contributed by atoms with van der Waals surface area (Å²) in [5, 5.41) is 15.0. The summed E-state index contributed by atoms with van der Waals surface area (Å²) in [7, 11) is 0. The van der Waals surface area contributed by atoms with Crippen LogP contribution in [-0.2, 0) is 0 Å². The second-order valence-corrected chi connectivity index (χ2v) is 4.07. The molecule has 0 aliphatic rings. The van der Waals surface area contributed by atoms with Crippen molar-refractivity contribution in [3.8, 4) is 5.75 Å². The Morgan fingerprint density at radius 2 is 1.95 bits per heavy atom. The van der Waals surface area contributed by atoms with Crippen molar-refractivity contribution in [2.75, 3.05) is 32.8 Å². The number of guanidine groups is 1. The zero-order valence-corrected chi connectivity index (χ0v) is 14.4. The fourth-order valence-corrected chi connectivity index (χ4v) is 1.48. The van der Waals surface area contributed by atoms with Gasteiger partial charge in [0.1, 0.15) is 12.4 Å². The van der Waals surface area contributed by atoms with Gasteiger partial charge in [-0.2, -0.15) is 0 Å². The Morgan fingerprint density at radius 1 is 1.25 bits per heavy atom. The second-order valence-electron chi connectivity index (χ2n) is 4.07. The van der Waals surface area contributed by atoms with Crippen molar-refractivity contribution in [3.63, 3.8) is 0 Å². The minimum absolute atomic E-state index is 0. The van der Waals surface area contributed by atoms with Gasteiger partial charge in [0, 0.05) is 6.54 Å². The monoisotopic (exact) mass is 393 g/mol. The van der Waals surface area contributed by atoms with E-state index in [2.05, 4.69) is 15.6 Å². The highest BCUT2D eigenvalue weighted by Crippen LogP contribution is 2.10. The Labute approximate surface area is 137 Å². The fourth-order valence-electron chi connectivity index (χ4n) is 1.48. The number of hydrogen-bond donors (Lipinski definition) is 3. The quantitative estimate of drug-likeness (QED) is 0.285. The van der Waals surface area contributed by atoms with E-state index in [-0.39, 0.29) is 30.6 Å². The molecule has 6 heteroatoms. The lowest BCUT2D eigenvalue weighted by Crippen LogP contribution is -2.39. The average molecular weight is 393 g/mol. The third kappa shape index (κ3) is 8.21. The van der Waals surface area contributed by atoms with E-state index in [0.29, 0.717) is 25.7 Å². The number of halogens is 1. The highest BCUT2D eigenvalue weighted by Gasteiger charge is 1.97. The molecule has 0 aliphatic heterocycles. The van der Waals surface area contributed by atoms with Crippen molar-refractivity contribution in [2.45, 2.75) is 13.8 Å². The molecule has 0 fully saturated rings. The lowest BCUT2D eigenvalue weighted by Gasteiger charge is -2.11. The van der Waals surface area contributed by atoms with E-state index in [1.54, 1.807) is 0 Å². The molecule has 0 aliphatic carbocycles. The molecule has 0 radical (unpaired) electrons. The van der Waals surface area contributed by atoms with Crippen LogP contribution in [0.1, 0.15) is 12.5 Å². The SMILES string of the molecule is CCNC(=NCCO)NCCOc1ccc(C)cc1.I. The molecule has 0 amide bonds. The summed E-state index contributed by atoms with van der Waals surface area (Å²) in [5.74, 6) is 1.56. The van der Waals surface area contributed by atoms with Gasteiger partial charge in [-0.3, -0.25) is 4.99 Å². The highest BCUT2D eigenvalue weighted by atomic mass is 127. The Kier molecular flexibility index (Phi) is 11.2. The van der Waals surface area contributed by atoms with Crippen LogP contribution < -0.4 is 15.4 Å². The van der Waals surface area contributed by atoms with Crippen LogP contribution in [0.2, 0.25) is 0 Å². The maximum atomic E-state index is 8.74. The van der Waals surface area contributed by atoms with Crippen LogP contribution in [0, 0.1) is 6.92 Å². The molecule has 0 atom stereocenters. The summed E-state index contributed by atoms with van der Waals surface area (Å²) in [6.07, 6.45) is 0. The van der Waals surface area contributed by atoms with Gasteiger partial charge in [-0.25, -0.2) is 0 Å². The molecule has 20 heavy (non-hydrogen) atoms. The summed E-state index contributed by atoms with van der Waals surface area (Å²) in [4.78, 5) is 4.18. The first-order chi connectivity index (χ1) is 9.26. The van der Waals surface area contributed by atoms with Crippen LogP contribution in [0.15, 0.2) is 29.3 Å². The number of ether oxygens (including phenoxy) is 1. The minimum atomic E-state index is 0. The van der Waals surface area contributed by atoms with Crippen molar-refractivity contribution < 1.29 is 9.84 Å². The van der Waals surface area contributed by atoms with E-state index in [4.69, 9.17) is 9.84 Å². The summed E-state index contributed by atoms with van der Waals surface area (Å²) in [5.41, 5.74) is 1.22. The van der Waals surface area contributed by atoms with Gasteiger partial charge in [0.25, 0.3) is 0 Å². The van der Waals surface area contributed by atoms with Crippen LogP contribution in [0.3, 0.4) is 0 Å². The maximum absolute atomic E-state index is 8.74. The van der Waals surface area contributed by atoms with Crippen LogP contribution in [-0.4, -0.2) is 43.9 Å². The molecule has 0 saturated heterocycles. The Balaban J connectivity index is 0.00000361. The third-order valence-electron chi connectivity index (χ3n) is 2.40. The standard InChI is InChI=1S/C14H23N3O2.HI/c1-3-15-14(16-8-10-18)17-9-11-19-13-6-4-12(2)5-7-13;/h4-7,18H,3,8-11H2,1-2H3,(H2,15,16,17);1H. The molecule has 0 unspecified atom stereocenters. The molecule has 0 saturated carbocycles. The number of aryl methyl sites for hydroxylation is 1. The van der Waals surface area contributed by atoms with Gasteiger partial charge in [-0.05, 0) is 26.0 Å². The number of nitrogens with one attached hydrogen (secondary N) is 2. The number of aliphatic imine (C=N–C) groups is 1. The van der Waals surface area contributed by atoms with E-state index in [9.17, 15) is 0 Å². The molecule has 0 heterocycles. The number of rotatable bonds is 7. The number of benzene rings is 1. The Morgan fingerprint density at radius 3 is 2.55 bits per heavy atom. The predicted molar refractivity (Wildman–Crippen MR) is 93.2 cm³/mol. The lowest BCUT2D eigenvalue weighted by atomic mass is 10.2. The summed E-state index contributed by atoms with van der Waals surface area (Å²) in [6.45, 7) is 6.50. The zero-order chi connectivity index (χ0) is 13.9. The lowest BCUT2D eigenvalue weighted by molar-refractivity contribution is 0.306. The summed E-state index contributed by atoms with van der Waals surface area (Å²) in [6, 6.07) is 7.96. The molecule has 1 aromatic carbocycles. The van der Waals surface area contributed by atoms with E-state index in [1.807, 2.05) is 38.1 Å².